The molecular weight excluding hydrogens is 92.1 g/mol. The molecule has 2 nitrogen and oxygen atoms in total. The zero-order valence-corrected chi connectivity index (χ0v) is 4.33. The number of aliphatic hydroxyl groups excluding tert-OH is 2. The summed E-state index contributed by atoms with van der Waals surface area (Å²) in [5.41, 5.74) is 0. The van der Waals surface area contributed by atoms with E-state index >= 15 is 0 Å². The largest absolute Gasteiger partial charge is 0.393 e. The zero-order valence-electron chi connectivity index (χ0n) is 4.33. The van der Waals surface area contributed by atoms with Gasteiger partial charge in [-0.05, 0) is 6.92 Å². The summed E-state index contributed by atoms with van der Waals surface area (Å²) in [6, 6.07) is 0. The van der Waals surface area contributed by atoms with Crippen LogP contribution in [0, 0.1) is 0 Å². The highest BCUT2D eigenvalue weighted by Gasteiger charge is 1.89. The standard InChI is InChI=1S/C5H10O2/c1-2-3-5(7)4-6/h2-3,5-7H,4H2,1H3/b3-2+/t5-/m0/s1. The summed E-state index contributed by atoms with van der Waals surface area (Å²) in [7, 11) is 0. The second-order valence-corrected chi connectivity index (χ2v) is 1.28. The summed E-state index contributed by atoms with van der Waals surface area (Å²) in [5.74, 6) is 0. The number of hydrogen-bond donors (Lipinski definition) is 2. The van der Waals surface area contributed by atoms with E-state index in [1.165, 1.54) is 6.08 Å². The second kappa shape index (κ2) is 3.84. The van der Waals surface area contributed by atoms with Crippen LogP contribution in [0.3, 0.4) is 0 Å². The molecule has 7 heavy (non-hydrogen) atoms. The molecule has 0 unspecified atom stereocenters. The van der Waals surface area contributed by atoms with Gasteiger partial charge in [-0.2, -0.15) is 0 Å². The van der Waals surface area contributed by atoms with Crippen molar-refractivity contribution in [1.82, 2.24) is 0 Å². The first-order chi connectivity index (χ1) is 3.31. The Morgan fingerprint density at radius 2 is 2.29 bits per heavy atom. The SMILES string of the molecule is C/C=C/[C@H](O)CO. The third-order valence-electron chi connectivity index (χ3n) is 0.602. The fourth-order valence-electron chi connectivity index (χ4n) is 0.283. The van der Waals surface area contributed by atoms with Gasteiger partial charge in [-0.15, -0.1) is 0 Å². The Morgan fingerprint density at radius 3 is 2.43 bits per heavy atom. The maximum Gasteiger partial charge on any atom is 0.0951 e. The van der Waals surface area contributed by atoms with E-state index in [1.54, 1.807) is 13.0 Å². The lowest BCUT2D eigenvalue weighted by atomic mass is 10.3. The number of hydrogen-bond acceptors (Lipinski definition) is 2. The van der Waals surface area contributed by atoms with Crippen LogP contribution < -0.4 is 0 Å². The fourth-order valence-corrected chi connectivity index (χ4v) is 0.283. The lowest BCUT2D eigenvalue weighted by Crippen LogP contribution is -2.06. The van der Waals surface area contributed by atoms with Gasteiger partial charge in [0.05, 0.1) is 12.7 Å². The third-order valence-corrected chi connectivity index (χ3v) is 0.602. The highest BCUT2D eigenvalue weighted by atomic mass is 16.3. The smallest absolute Gasteiger partial charge is 0.0951 e. The van der Waals surface area contributed by atoms with Crippen LogP contribution in [0.2, 0.25) is 0 Å². The van der Waals surface area contributed by atoms with Crippen LogP contribution in [-0.2, 0) is 0 Å². The zero-order chi connectivity index (χ0) is 5.70. The van der Waals surface area contributed by atoms with Crippen LogP contribution in [0.4, 0.5) is 0 Å². The van der Waals surface area contributed by atoms with Gasteiger partial charge in [-0.25, -0.2) is 0 Å². The minimum atomic E-state index is -0.676. The van der Waals surface area contributed by atoms with Gasteiger partial charge >= 0.3 is 0 Å². The molecule has 0 amide bonds. The van der Waals surface area contributed by atoms with Gasteiger partial charge in [0.2, 0.25) is 0 Å². The van der Waals surface area contributed by atoms with E-state index in [1.807, 2.05) is 0 Å². The molecule has 0 aromatic rings. The van der Waals surface area contributed by atoms with E-state index < -0.39 is 6.10 Å². The number of rotatable bonds is 2. The quantitative estimate of drug-likeness (QED) is 0.478. The minimum Gasteiger partial charge on any atom is -0.393 e. The Kier molecular flexibility index (Phi) is 3.65. The van der Waals surface area contributed by atoms with Crippen LogP contribution in [-0.4, -0.2) is 22.9 Å². The summed E-state index contributed by atoms with van der Waals surface area (Å²) in [6.07, 6.45) is 2.55. The van der Waals surface area contributed by atoms with E-state index in [0.717, 1.165) is 0 Å². The topological polar surface area (TPSA) is 40.5 Å². The Morgan fingerprint density at radius 1 is 1.71 bits per heavy atom. The Hall–Kier alpha value is -0.340. The van der Waals surface area contributed by atoms with Crippen molar-refractivity contribution in [2.24, 2.45) is 0 Å². The summed E-state index contributed by atoms with van der Waals surface area (Å²) in [5, 5.41) is 16.7. The van der Waals surface area contributed by atoms with E-state index in [4.69, 9.17) is 10.2 Å². The Bertz CT molecular complexity index is 59.1. The summed E-state index contributed by atoms with van der Waals surface area (Å²) < 4.78 is 0. The van der Waals surface area contributed by atoms with Crippen molar-refractivity contribution in [1.29, 1.82) is 0 Å². The fraction of sp³-hybridized carbons (Fsp3) is 0.600. The van der Waals surface area contributed by atoms with Crippen molar-refractivity contribution >= 4 is 0 Å². The van der Waals surface area contributed by atoms with E-state index in [9.17, 15) is 0 Å². The van der Waals surface area contributed by atoms with Gasteiger partial charge in [-0.1, -0.05) is 12.2 Å². The molecule has 0 aliphatic heterocycles. The molecule has 0 saturated carbocycles. The van der Waals surface area contributed by atoms with Gasteiger partial charge in [0.15, 0.2) is 0 Å². The maximum atomic E-state index is 8.52. The average molecular weight is 102 g/mol. The van der Waals surface area contributed by atoms with E-state index in [-0.39, 0.29) is 6.61 Å². The van der Waals surface area contributed by atoms with Crippen LogP contribution in [0.15, 0.2) is 12.2 Å². The van der Waals surface area contributed by atoms with Crippen LogP contribution >= 0.6 is 0 Å². The first-order valence-corrected chi connectivity index (χ1v) is 2.23. The third kappa shape index (κ3) is 3.49. The highest BCUT2D eigenvalue weighted by Crippen LogP contribution is 1.80. The Labute approximate surface area is 43.1 Å². The highest BCUT2D eigenvalue weighted by molar-refractivity contribution is 4.84. The second-order valence-electron chi connectivity index (χ2n) is 1.28. The van der Waals surface area contributed by atoms with Gasteiger partial charge in [0, 0.05) is 0 Å². The van der Waals surface area contributed by atoms with Crippen LogP contribution in [0.5, 0.6) is 0 Å². The molecule has 0 saturated heterocycles. The van der Waals surface area contributed by atoms with E-state index in [2.05, 4.69) is 0 Å². The summed E-state index contributed by atoms with van der Waals surface area (Å²) in [4.78, 5) is 0. The van der Waals surface area contributed by atoms with Crippen molar-refractivity contribution in [3.05, 3.63) is 12.2 Å². The molecule has 0 heterocycles. The molecule has 0 radical (unpaired) electrons. The molecule has 0 fully saturated rings. The molecule has 0 aliphatic carbocycles. The van der Waals surface area contributed by atoms with Gasteiger partial charge in [-0.3, -0.25) is 0 Å². The van der Waals surface area contributed by atoms with Gasteiger partial charge in [0.25, 0.3) is 0 Å². The molecule has 42 valence electrons. The van der Waals surface area contributed by atoms with Crippen LogP contribution in [0.25, 0.3) is 0 Å². The molecule has 2 N–H and O–H groups in total. The lowest BCUT2D eigenvalue weighted by Gasteiger charge is -1.94. The average Bonchev–Trinajstić information content (AvgIpc) is 1.68. The number of aliphatic hydroxyl groups is 2. The number of allylic oxidation sites excluding steroid dienone is 1. The van der Waals surface area contributed by atoms with Crippen molar-refractivity contribution in [2.45, 2.75) is 13.0 Å². The predicted octanol–water partition coefficient (Wildman–Crippen LogP) is -0.0843. The van der Waals surface area contributed by atoms with Gasteiger partial charge < -0.3 is 10.2 Å². The molecule has 1 atom stereocenters. The minimum absolute atomic E-state index is 0.190. The molecule has 2 heteroatoms. The predicted molar refractivity (Wildman–Crippen MR) is 27.9 cm³/mol. The normalized spacial score (nSPS) is 15.3. The van der Waals surface area contributed by atoms with Crippen molar-refractivity contribution in [3.63, 3.8) is 0 Å². The molecule has 0 spiro atoms. The molecule has 0 aromatic carbocycles. The molecule has 0 bridgehead atoms. The molecule has 0 aromatic heterocycles. The van der Waals surface area contributed by atoms with Crippen molar-refractivity contribution < 1.29 is 10.2 Å². The summed E-state index contributed by atoms with van der Waals surface area (Å²) in [6.45, 7) is 1.60. The first kappa shape index (κ1) is 6.66. The lowest BCUT2D eigenvalue weighted by molar-refractivity contribution is 0.131. The first-order valence-electron chi connectivity index (χ1n) is 2.23. The monoisotopic (exact) mass is 102 g/mol. The molecule has 0 rings (SSSR count). The van der Waals surface area contributed by atoms with Crippen molar-refractivity contribution in [2.75, 3.05) is 6.61 Å². The maximum absolute atomic E-state index is 8.52. The van der Waals surface area contributed by atoms with Gasteiger partial charge in [0.1, 0.15) is 0 Å². The molecular formula is C5H10O2. The van der Waals surface area contributed by atoms with Crippen LogP contribution in [0.1, 0.15) is 6.92 Å². The van der Waals surface area contributed by atoms with E-state index in [0.29, 0.717) is 0 Å². The Balaban J connectivity index is 3.16. The molecule has 0 aliphatic rings. The summed E-state index contributed by atoms with van der Waals surface area (Å²) >= 11 is 0. The van der Waals surface area contributed by atoms with Crippen molar-refractivity contribution in [3.8, 4) is 0 Å².